The third-order valence-electron chi connectivity index (χ3n) is 3.62. The van der Waals surface area contributed by atoms with Crippen LogP contribution in [-0.2, 0) is 6.54 Å². The van der Waals surface area contributed by atoms with Crippen LogP contribution in [0.2, 0.25) is 0 Å². The number of nitrogens with zero attached hydrogens (tertiary/aromatic N) is 1. The molecular formula is C16H20FN3O2. The maximum absolute atomic E-state index is 14.2. The molecule has 0 aliphatic carbocycles. The van der Waals surface area contributed by atoms with E-state index in [2.05, 4.69) is 16.6 Å². The van der Waals surface area contributed by atoms with E-state index in [9.17, 15) is 14.3 Å². The lowest BCUT2D eigenvalue weighted by atomic mass is 10.1. The van der Waals surface area contributed by atoms with E-state index in [0.29, 0.717) is 37.2 Å². The van der Waals surface area contributed by atoms with Crippen LogP contribution in [0.1, 0.15) is 18.4 Å². The number of rotatable bonds is 4. The van der Waals surface area contributed by atoms with E-state index in [0.717, 1.165) is 0 Å². The molecule has 0 radical (unpaired) electrons. The molecule has 1 aromatic rings. The first kappa shape index (κ1) is 16.1. The number of halogens is 1. The summed E-state index contributed by atoms with van der Waals surface area (Å²) in [5.74, 6) is 1.98. The standard InChI is InChI=1S/C16H20FN3O2/c1-2-7-18-16(22)19-11-12-3-4-15(14(17)10-12)20-8-5-13(21)6-9-20/h1,3-4,10,13,21H,5-9,11H2,(H2,18,19,22). The molecule has 0 saturated carbocycles. The van der Waals surface area contributed by atoms with Crippen molar-refractivity contribution in [1.29, 1.82) is 0 Å². The zero-order valence-corrected chi connectivity index (χ0v) is 12.3. The highest BCUT2D eigenvalue weighted by Crippen LogP contribution is 2.24. The molecular weight excluding hydrogens is 285 g/mol. The minimum atomic E-state index is -0.382. The molecule has 1 heterocycles. The Balaban J connectivity index is 1.92. The zero-order chi connectivity index (χ0) is 15.9. The van der Waals surface area contributed by atoms with Crippen LogP contribution in [-0.4, -0.2) is 36.9 Å². The van der Waals surface area contributed by atoms with Gasteiger partial charge in [-0.25, -0.2) is 9.18 Å². The first-order chi connectivity index (χ1) is 10.6. The zero-order valence-electron chi connectivity index (χ0n) is 12.3. The van der Waals surface area contributed by atoms with Crippen molar-refractivity contribution in [2.75, 3.05) is 24.5 Å². The summed E-state index contributed by atoms with van der Waals surface area (Å²) in [5, 5.41) is 14.6. The largest absolute Gasteiger partial charge is 0.393 e. The Morgan fingerprint density at radius 2 is 2.14 bits per heavy atom. The van der Waals surface area contributed by atoms with Gasteiger partial charge in [0.1, 0.15) is 5.82 Å². The first-order valence-corrected chi connectivity index (χ1v) is 7.26. The summed E-state index contributed by atoms with van der Waals surface area (Å²) in [4.78, 5) is 13.3. The maximum atomic E-state index is 14.2. The molecule has 0 aromatic heterocycles. The Morgan fingerprint density at radius 1 is 1.41 bits per heavy atom. The number of amides is 2. The van der Waals surface area contributed by atoms with Crippen molar-refractivity contribution in [1.82, 2.24) is 10.6 Å². The van der Waals surface area contributed by atoms with E-state index in [1.165, 1.54) is 6.07 Å². The van der Waals surface area contributed by atoms with Crippen LogP contribution in [0.4, 0.5) is 14.9 Å². The number of hydrogen-bond acceptors (Lipinski definition) is 3. The molecule has 2 amide bonds. The van der Waals surface area contributed by atoms with Gasteiger partial charge in [-0.3, -0.25) is 0 Å². The summed E-state index contributed by atoms with van der Waals surface area (Å²) in [7, 11) is 0. The number of anilines is 1. The van der Waals surface area contributed by atoms with Crippen LogP contribution in [0.3, 0.4) is 0 Å². The number of aliphatic hydroxyl groups excluding tert-OH is 1. The van der Waals surface area contributed by atoms with E-state index >= 15 is 0 Å². The highest BCUT2D eigenvalue weighted by atomic mass is 19.1. The molecule has 1 fully saturated rings. The number of terminal acetylenes is 1. The number of aliphatic hydroxyl groups is 1. The van der Waals surface area contributed by atoms with Crippen LogP contribution >= 0.6 is 0 Å². The van der Waals surface area contributed by atoms with E-state index in [4.69, 9.17) is 6.42 Å². The number of nitrogens with one attached hydrogen (secondary N) is 2. The summed E-state index contributed by atoms with van der Waals surface area (Å²) < 4.78 is 14.2. The van der Waals surface area contributed by atoms with E-state index < -0.39 is 0 Å². The normalized spacial score (nSPS) is 15.2. The molecule has 22 heavy (non-hydrogen) atoms. The molecule has 118 valence electrons. The second-order valence-electron chi connectivity index (χ2n) is 5.24. The Kier molecular flexibility index (Phi) is 5.61. The summed E-state index contributed by atoms with van der Waals surface area (Å²) in [6.45, 7) is 1.67. The van der Waals surface area contributed by atoms with E-state index in [-0.39, 0.29) is 31.0 Å². The van der Waals surface area contributed by atoms with Crippen molar-refractivity contribution in [3.63, 3.8) is 0 Å². The van der Waals surface area contributed by atoms with Gasteiger partial charge in [0.05, 0.1) is 18.3 Å². The van der Waals surface area contributed by atoms with Crippen molar-refractivity contribution >= 4 is 11.7 Å². The van der Waals surface area contributed by atoms with Crippen molar-refractivity contribution in [2.45, 2.75) is 25.5 Å². The van der Waals surface area contributed by atoms with Crippen LogP contribution in [0.5, 0.6) is 0 Å². The van der Waals surface area contributed by atoms with Crippen LogP contribution < -0.4 is 15.5 Å². The third kappa shape index (κ3) is 4.37. The second kappa shape index (κ2) is 7.66. The predicted octanol–water partition coefficient (Wildman–Crippen LogP) is 1.22. The fourth-order valence-corrected chi connectivity index (χ4v) is 2.40. The number of benzene rings is 1. The number of piperidine rings is 1. The number of hydrogen-bond donors (Lipinski definition) is 3. The molecule has 6 heteroatoms. The van der Waals surface area contributed by atoms with Crippen LogP contribution in [0, 0.1) is 18.2 Å². The molecule has 0 unspecified atom stereocenters. The highest BCUT2D eigenvalue weighted by Gasteiger charge is 2.19. The highest BCUT2D eigenvalue weighted by molar-refractivity contribution is 5.74. The van der Waals surface area contributed by atoms with Gasteiger partial charge in [-0.2, -0.15) is 0 Å². The van der Waals surface area contributed by atoms with Gasteiger partial charge in [-0.15, -0.1) is 6.42 Å². The van der Waals surface area contributed by atoms with E-state index in [1.807, 2.05) is 4.90 Å². The molecule has 0 atom stereocenters. The van der Waals surface area contributed by atoms with Gasteiger partial charge in [-0.05, 0) is 30.5 Å². The van der Waals surface area contributed by atoms with Crippen molar-refractivity contribution in [3.8, 4) is 12.3 Å². The van der Waals surface area contributed by atoms with Crippen molar-refractivity contribution in [2.24, 2.45) is 0 Å². The molecule has 1 aliphatic rings. The summed E-state index contributed by atoms with van der Waals surface area (Å²) in [5.41, 5.74) is 1.21. The lowest BCUT2D eigenvalue weighted by Crippen LogP contribution is -2.36. The molecule has 1 aromatic carbocycles. The number of urea groups is 1. The molecule has 2 rings (SSSR count). The van der Waals surface area contributed by atoms with Gasteiger partial charge < -0.3 is 20.6 Å². The van der Waals surface area contributed by atoms with Gasteiger partial charge in [0.2, 0.25) is 0 Å². The Morgan fingerprint density at radius 3 is 2.77 bits per heavy atom. The fourth-order valence-electron chi connectivity index (χ4n) is 2.40. The van der Waals surface area contributed by atoms with Gasteiger partial charge in [0.25, 0.3) is 0 Å². The van der Waals surface area contributed by atoms with Crippen molar-refractivity contribution < 1.29 is 14.3 Å². The molecule has 1 aliphatic heterocycles. The Bertz CT molecular complexity index is 563. The number of carbonyl (C=O) groups is 1. The first-order valence-electron chi connectivity index (χ1n) is 7.26. The van der Waals surface area contributed by atoms with Crippen molar-refractivity contribution in [3.05, 3.63) is 29.6 Å². The Labute approximate surface area is 129 Å². The number of carbonyl (C=O) groups excluding carboxylic acids is 1. The molecule has 1 saturated heterocycles. The third-order valence-corrected chi connectivity index (χ3v) is 3.62. The smallest absolute Gasteiger partial charge is 0.315 e. The second-order valence-corrected chi connectivity index (χ2v) is 5.24. The summed E-state index contributed by atoms with van der Waals surface area (Å²) >= 11 is 0. The minimum Gasteiger partial charge on any atom is -0.393 e. The summed E-state index contributed by atoms with van der Waals surface area (Å²) in [6, 6.07) is 4.53. The topological polar surface area (TPSA) is 64.6 Å². The van der Waals surface area contributed by atoms with Gasteiger partial charge in [0, 0.05) is 19.6 Å². The quantitative estimate of drug-likeness (QED) is 0.733. The fraction of sp³-hybridized carbons (Fsp3) is 0.438. The molecule has 3 N–H and O–H groups in total. The lowest BCUT2D eigenvalue weighted by molar-refractivity contribution is 0.145. The Hall–Kier alpha value is -2.26. The van der Waals surface area contributed by atoms with Gasteiger partial charge in [-0.1, -0.05) is 12.0 Å². The van der Waals surface area contributed by atoms with Crippen LogP contribution in [0.25, 0.3) is 0 Å². The monoisotopic (exact) mass is 305 g/mol. The van der Waals surface area contributed by atoms with Crippen LogP contribution in [0.15, 0.2) is 18.2 Å². The molecule has 0 bridgehead atoms. The summed E-state index contributed by atoms with van der Waals surface area (Å²) in [6.07, 6.45) is 6.05. The molecule has 0 spiro atoms. The average Bonchev–Trinajstić information content (AvgIpc) is 2.52. The lowest BCUT2D eigenvalue weighted by Gasteiger charge is -2.31. The van der Waals surface area contributed by atoms with E-state index in [1.54, 1.807) is 12.1 Å². The van der Waals surface area contributed by atoms with Gasteiger partial charge in [0.15, 0.2) is 0 Å². The minimum absolute atomic E-state index is 0.153. The van der Waals surface area contributed by atoms with Gasteiger partial charge >= 0.3 is 6.03 Å². The SMILES string of the molecule is C#CCNC(=O)NCc1ccc(N2CCC(O)CC2)c(F)c1. The maximum Gasteiger partial charge on any atom is 0.315 e. The predicted molar refractivity (Wildman–Crippen MR) is 82.9 cm³/mol. The average molecular weight is 305 g/mol. The molecule has 5 nitrogen and oxygen atoms in total.